The zero-order chi connectivity index (χ0) is 13.7. The molecule has 1 atom stereocenters. The summed E-state index contributed by atoms with van der Waals surface area (Å²) in [6.45, 7) is 3.44. The smallest absolute Gasteiger partial charge is 0.287 e. The van der Waals surface area contributed by atoms with E-state index in [1.807, 2.05) is 30.4 Å². The number of rotatable bonds is 5. The summed E-state index contributed by atoms with van der Waals surface area (Å²) < 4.78 is 1.42. The van der Waals surface area contributed by atoms with Crippen LogP contribution in [0, 0.1) is 0 Å². The van der Waals surface area contributed by atoms with Gasteiger partial charge in [0.05, 0.1) is 11.9 Å². The van der Waals surface area contributed by atoms with Crippen molar-refractivity contribution >= 4 is 40.8 Å². The van der Waals surface area contributed by atoms with Crippen LogP contribution in [0.2, 0.25) is 5.02 Å². The van der Waals surface area contributed by atoms with Gasteiger partial charge in [-0.2, -0.15) is 28.6 Å². The van der Waals surface area contributed by atoms with Crippen molar-refractivity contribution in [2.45, 2.75) is 25.1 Å². The fraction of sp³-hybridized carbons (Fsp3) is 0.667. The second kappa shape index (κ2) is 7.45. The molecule has 19 heavy (non-hydrogen) atoms. The minimum atomic E-state index is -0.209. The van der Waals surface area contributed by atoms with Crippen molar-refractivity contribution in [2.75, 3.05) is 29.1 Å². The highest BCUT2D eigenvalue weighted by molar-refractivity contribution is 8.06. The number of thioether (sulfide) groups is 2. The van der Waals surface area contributed by atoms with Crippen LogP contribution >= 0.6 is 35.1 Å². The van der Waals surface area contributed by atoms with Gasteiger partial charge in [0, 0.05) is 35.6 Å². The monoisotopic (exact) mass is 319 g/mol. The van der Waals surface area contributed by atoms with Gasteiger partial charge in [-0.1, -0.05) is 18.5 Å². The molecular formula is C12H18ClN3OS2. The highest BCUT2D eigenvalue weighted by atomic mass is 35.5. The number of nitrogens with one attached hydrogen (secondary N) is 1. The maximum atomic E-state index is 11.9. The minimum Gasteiger partial charge on any atom is -0.381 e. The number of hydrogen-bond acceptors (Lipinski definition) is 5. The molecule has 106 valence electrons. The largest absolute Gasteiger partial charge is 0.381 e. The Bertz CT molecular complexity index is 475. The number of halogens is 1. The van der Waals surface area contributed by atoms with E-state index < -0.39 is 0 Å². The van der Waals surface area contributed by atoms with E-state index in [1.165, 1.54) is 16.2 Å². The molecule has 7 heteroatoms. The van der Waals surface area contributed by atoms with Crippen molar-refractivity contribution in [1.29, 1.82) is 0 Å². The van der Waals surface area contributed by atoms with Gasteiger partial charge in [-0.05, 0) is 6.42 Å². The summed E-state index contributed by atoms with van der Waals surface area (Å²) in [5.41, 5.74) is 0.439. The first-order valence-corrected chi connectivity index (χ1v) is 8.99. The molecule has 1 unspecified atom stereocenters. The number of anilines is 1. The summed E-state index contributed by atoms with van der Waals surface area (Å²) in [6.07, 6.45) is 2.52. The summed E-state index contributed by atoms with van der Waals surface area (Å²) >= 11 is 10.1. The zero-order valence-corrected chi connectivity index (χ0v) is 13.3. The van der Waals surface area contributed by atoms with Crippen LogP contribution in [0.5, 0.6) is 0 Å². The molecule has 1 aromatic rings. The fourth-order valence-electron chi connectivity index (χ4n) is 1.84. The normalized spacial score (nSPS) is 19.4. The predicted molar refractivity (Wildman–Crippen MR) is 85.9 cm³/mol. The first kappa shape index (κ1) is 15.1. The zero-order valence-electron chi connectivity index (χ0n) is 10.9. The highest BCUT2D eigenvalue weighted by Gasteiger charge is 2.15. The lowest BCUT2D eigenvalue weighted by Crippen LogP contribution is -2.27. The van der Waals surface area contributed by atoms with E-state index in [0.717, 1.165) is 18.7 Å². The standard InChI is InChI=1S/C12H18ClN3OS2/c1-2-3-16-12(17)11(13)10(7-15-16)14-6-9-8-18-4-5-19-9/h7,9,14H,2-6,8H2,1H3. The number of hydrogen-bond donors (Lipinski definition) is 1. The third kappa shape index (κ3) is 4.07. The maximum Gasteiger partial charge on any atom is 0.287 e. The number of aromatic nitrogens is 2. The second-order valence-corrected chi connectivity index (χ2v) is 7.29. The van der Waals surface area contributed by atoms with Gasteiger partial charge in [-0.25, -0.2) is 4.68 Å². The summed E-state index contributed by atoms with van der Waals surface area (Å²) in [5, 5.41) is 8.21. The lowest BCUT2D eigenvalue weighted by Gasteiger charge is -2.21. The molecule has 1 fully saturated rings. The summed E-state index contributed by atoms with van der Waals surface area (Å²) in [5.74, 6) is 3.58. The van der Waals surface area contributed by atoms with Crippen molar-refractivity contribution in [3.63, 3.8) is 0 Å². The molecule has 1 N–H and O–H groups in total. The van der Waals surface area contributed by atoms with Crippen molar-refractivity contribution < 1.29 is 0 Å². The Kier molecular flexibility index (Phi) is 5.91. The molecule has 4 nitrogen and oxygen atoms in total. The van der Waals surface area contributed by atoms with Crippen molar-refractivity contribution in [3.8, 4) is 0 Å². The van der Waals surface area contributed by atoms with E-state index in [2.05, 4.69) is 10.4 Å². The van der Waals surface area contributed by atoms with E-state index in [4.69, 9.17) is 11.6 Å². The molecule has 0 radical (unpaired) electrons. The van der Waals surface area contributed by atoms with Crippen LogP contribution in [0.15, 0.2) is 11.0 Å². The van der Waals surface area contributed by atoms with Gasteiger partial charge in [0.1, 0.15) is 5.02 Å². The molecule has 0 aliphatic carbocycles. The van der Waals surface area contributed by atoms with E-state index in [0.29, 0.717) is 17.5 Å². The van der Waals surface area contributed by atoms with Gasteiger partial charge in [-0.3, -0.25) is 4.79 Å². The number of aryl methyl sites for hydroxylation is 1. The van der Waals surface area contributed by atoms with E-state index >= 15 is 0 Å². The lowest BCUT2D eigenvalue weighted by molar-refractivity contribution is 0.568. The Morgan fingerprint density at radius 1 is 1.58 bits per heavy atom. The average Bonchev–Trinajstić information content (AvgIpc) is 2.44. The SMILES string of the molecule is CCCn1ncc(NCC2CSCCS2)c(Cl)c1=O. The van der Waals surface area contributed by atoms with E-state index in [-0.39, 0.29) is 10.6 Å². The highest BCUT2D eigenvalue weighted by Crippen LogP contribution is 2.25. The van der Waals surface area contributed by atoms with Gasteiger partial charge in [-0.15, -0.1) is 0 Å². The first-order chi connectivity index (χ1) is 9.22. The van der Waals surface area contributed by atoms with Gasteiger partial charge in [0.2, 0.25) is 0 Å². The molecule has 0 amide bonds. The van der Waals surface area contributed by atoms with Crippen LogP contribution in [0.1, 0.15) is 13.3 Å². The summed E-state index contributed by atoms with van der Waals surface area (Å²) in [6, 6.07) is 0. The molecule has 0 spiro atoms. The topological polar surface area (TPSA) is 46.9 Å². The predicted octanol–water partition coefficient (Wildman–Crippen LogP) is 2.57. The van der Waals surface area contributed by atoms with Gasteiger partial charge < -0.3 is 5.32 Å². The maximum absolute atomic E-state index is 11.9. The van der Waals surface area contributed by atoms with Crippen molar-refractivity contribution in [2.24, 2.45) is 0 Å². The Morgan fingerprint density at radius 2 is 2.42 bits per heavy atom. The second-order valence-electron chi connectivity index (χ2n) is 4.35. The van der Waals surface area contributed by atoms with Crippen LogP contribution < -0.4 is 10.9 Å². The third-order valence-electron chi connectivity index (χ3n) is 2.83. The quantitative estimate of drug-likeness (QED) is 0.904. The van der Waals surface area contributed by atoms with Crippen LogP contribution in [-0.2, 0) is 6.54 Å². The molecule has 2 heterocycles. The number of nitrogens with zero attached hydrogens (tertiary/aromatic N) is 2. The van der Waals surface area contributed by atoms with Gasteiger partial charge in [0.25, 0.3) is 5.56 Å². The summed E-state index contributed by atoms with van der Waals surface area (Å²) in [4.78, 5) is 11.9. The molecule has 1 aliphatic heterocycles. The average molecular weight is 320 g/mol. The molecule has 1 aromatic heterocycles. The Labute approximate surface area is 126 Å². The Hall–Kier alpha value is -0.330. The minimum absolute atomic E-state index is 0.209. The van der Waals surface area contributed by atoms with Crippen molar-refractivity contribution in [1.82, 2.24) is 9.78 Å². The van der Waals surface area contributed by atoms with Crippen molar-refractivity contribution in [3.05, 3.63) is 21.6 Å². The van der Waals surface area contributed by atoms with Gasteiger partial charge >= 0.3 is 0 Å². The Morgan fingerprint density at radius 3 is 3.11 bits per heavy atom. The molecule has 1 aliphatic rings. The molecule has 1 saturated heterocycles. The van der Waals surface area contributed by atoms with Crippen LogP contribution in [0.25, 0.3) is 0 Å². The molecule has 0 aromatic carbocycles. The van der Waals surface area contributed by atoms with Crippen LogP contribution in [0.3, 0.4) is 0 Å². The Balaban J connectivity index is 2.00. The van der Waals surface area contributed by atoms with Crippen LogP contribution in [-0.4, -0.2) is 38.8 Å². The lowest BCUT2D eigenvalue weighted by atomic mass is 10.4. The van der Waals surface area contributed by atoms with Gasteiger partial charge in [0.15, 0.2) is 0 Å². The molecule has 0 saturated carbocycles. The summed E-state index contributed by atoms with van der Waals surface area (Å²) in [7, 11) is 0. The molecular weight excluding hydrogens is 302 g/mol. The van der Waals surface area contributed by atoms with Crippen LogP contribution in [0.4, 0.5) is 5.69 Å². The fourth-order valence-corrected chi connectivity index (χ4v) is 4.66. The third-order valence-corrected chi connectivity index (χ3v) is 6.04. The molecule has 2 rings (SSSR count). The first-order valence-electron chi connectivity index (χ1n) is 6.41. The van der Waals surface area contributed by atoms with E-state index in [9.17, 15) is 4.79 Å². The van der Waals surface area contributed by atoms with E-state index in [1.54, 1.807) is 6.20 Å². The molecule has 0 bridgehead atoms.